The summed E-state index contributed by atoms with van der Waals surface area (Å²) in [5.41, 5.74) is 0.737. The largest absolute Gasteiger partial charge is 0.548 e. The van der Waals surface area contributed by atoms with E-state index < -0.39 is 17.9 Å². The van der Waals surface area contributed by atoms with Crippen molar-refractivity contribution in [3.05, 3.63) is 28.7 Å². The number of thioether (sulfide) groups is 1. The molecular weight excluding hydrogens is 398 g/mol. The van der Waals surface area contributed by atoms with Crippen LogP contribution in [0, 0.1) is 0 Å². The molecule has 1 aliphatic heterocycles. The molecule has 0 bridgehead atoms. The van der Waals surface area contributed by atoms with Crippen LogP contribution in [-0.4, -0.2) is 40.9 Å². The van der Waals surface area contributed by atoms with Crippen molar-refractivity contribution >= 4 is 46.3 Å². The van der Waals surface area contributed by atoms with E-state index in [1.807, 2.05) is 13.0 Å². The number of thiocarbonyl (C=S) groups is 1. The fourth-order valence-corrected chi connectivity index (χ4v) is 4.10. The normalized spacial score (nSPS) is 16.5. The Morgan fingerprint density at radius 3 is 2.68 bits per heavy atom. The number of hydrogen-bond acceptors (Lipinski definition) is 7. The fraction of sp³-hybridized carbons (Fsp3) is 0.450. The number of carboxylic acids is 1. The van der Waals surface area contributed by atoms with Gasteiger partial charge in [-0.15, -0.1) is 0 Å². The van der Waals surface area contributed by atoms with Crippen molar-refractivity contribution in [3.63, 3.8) is 0 Å². The zero-order valence-corrected chi connectivity index (χ0v) is 17.9. The maximum absolute atomic E-state index is 12.7. The number of nitrogens with zero attached hydrogens (tertiary/aromatic N) is 1. The number of unbranched alkanes of at least 4 members (excludes halogenated alkanes) is 1. The van der Waals surface area contributed by atoms with Gasteiger partial charge in [0, 0.05) is 0 Å². The molecule has 1 atom stereocenters. The fourth-order valence-electron chi connectivity index (χ4n) is 2.75. The lowest BCUT2D eigenvalue weighted by molar-refractivity contribution is -0.310. The van der Waals surface area contributed by atoms with E-state index in [2.05, 4.69) is 6.92 Å². The van der Waals surface area contributed by atoms with E-state index in [1.165, 1.54) is 0 Å². The van der Waals surface area contributed by atoms with E-state index >= 15 is 0 Å². The Balaban J connectivity index is 2.24. The Bertz CT molecular complexity index is 778. The van der Waals surface area contributed by atoms with Gasteiger partial charge in [-0.25, -0.2) is 0 Å². The van der Waals surface area contributed by atoms with Gasteiger partial charge in [0.15, 0.2) is 11.5 Å². The van der Waals surface area contributed by atoms with Gasteiger partial charge >= 0.3 is 0 Å². The van der Waals surface area contributed by atoms with Crippen LogP contribution in [-0.2, 0) is 9.59 Å². The summed E-state index contributed by atoms with van der Waals surface area (Å²) in [6.45, 7) is 4.54. The smallest absolute Gasteiger partial charge is 0.266 e. The van der Waals surface area contributed by atoms with Crippen molar-refractivity contribution in [1.82, 2.24) is 4.90 Å². The number of hydrogen-bond donors (Lipinski definition) is 0. The third kappa shape index (κ3) is 5.26. The highest BCUT2D eigenvalue weighted by atomic mass is 32.2. The van der Waals surface area contributed by atoms with E-state index in [1.54, 1.807) is 25.3 Å². The second-order valence-electron chi connectivity index (χ2n) is 6.29. The Morgan fingerprint density at radius 2 is 2.07 bits per heavy atom. The summed E-state index contributed by atoms with van der Waals surface area (Å²) in [4.78, 5) is 25.7. The summed E-state index contributed by atoms with van der Waals surface area (Å²) in [5.74, 6) is -0.505. The van der Waals surface area contributed by atoms with Crippen LogP contribution in [0.25, 0.3) is 6.08 Å². The van der Waals surface area contributed by atoms with Gasteiger partial charge in [-0.2, -0.15) is 0 Å². The van der Waals surface area contributed by atoms with Crippen molar-refractivity contribution in [3.8, 4) is 11.5 Å². The molecule has 1 fully saturated rings. The van der Waals surface area contributed by atoms with Crippen LogP contribution in [0.5, 0.6) is 11.5 Å². The maximum Gasteiger partial charge on any atom is 0.266 e. The van der Waals surface area contributed by atoms with Gasteiger partial charge in [0.25, 0.3) is 5.91 Å². The SMILES string of the molecule is CCCCOc1ccc(/C=C2\SC(=S)N([C@@H](CCC)C(=O)[O-])C2=O)cc1OC. The molecule has 8 heteroatoms. The molecule has 0 aromatic heterocycles. The molecule has 2 rings (SSSR count). The highest BCUT2D eigenvalue weighted by molar-refractivity contribution is 8.26. The monoisotopic (exact) mass is 422 g/mol. The second kappa shape index (κ2) is 10.5. The highest BCUT2D eigenvalue weighted by Crippen LogP contribution is 2.36. The number of carbonyl (C=O) groups is 2. The summed E-state index contributed by atoms with van der Waals surface area (Å²) in [6.07, 6.45) is 4.55. The van der Waals surface area contributed by atoms with Crippen LogP contribution in [0.15, 0.2) is 23.1 Å². The molecule has 6 nitrogen and oxygen atoms in total. The molecule has 152 valence electrons. The average molecular weight is 423 g/mol. The van der Waals surface area contributed by atoms with Gasteiger partial charge in [0.2, 0.25) is 0 Å². The number of ether oxygens (including phenoxy) is 2. The van der Waals surface area contributed by atoms with Gasteiger partial charge in [-0.1, -0.05) is 56.7 Å². The summed E-state index contributed by atoms with van der Waals surface area (Å²) < 4.78 is 11.3. The molecule has 1 aromatic carbocycles. The van der Waals surface area contributed by atoms with Crippen molar-refractivity contribution in [1.29, 1.82) is 0 Å². The second-order valence-corrected chi connectivity index (χ2v) is 7.96. The Labute approximate surface area is 174 Å². The minimum atomic E-state index is -1.30. The van der Waals surface area contributed by atoms with Crippen LogP contribution in [0.4, 0.5) is 0 Å². The van der Waals surface area contributed by atoms with Crippen LogP contribution in [0.2, 0.25) is 0 Å². The van der Waals surface area contributed by atoms with Crippen LogP contribution in [0.1, 0.15) is 45.1 Å². The van der Waals surface area contributed by atoms with Gasteiger partial charge in [0.05, 0.1) is 30.6 Å². The first-order valence-electron chi connectivity index (χ1n) is 9.21. The Kier molecular flexibility index (Phi) is 8.32. The molecule has 1 aliphatic rings. The Morgan fingerprint density at radius 1 is 1.32 bits per heavy atom. The van der Waals surface area contributed by atoms with Crippen LogP contribution < -0.4 is 14.6 Å². The number of carbonyl (C=O) groups excluding carboxylic acids is 2. The minimum absolute atomic E-state index is 0.227. The summed E-state index contributed by atoms with van der Waals surface area (Å²) >= 11 is 6.33. The molecule has 1 aromatic rings. The molecule has 28 heavy (non-hydrogen) atoms. The third-order valence-electron chi connectivity index (χ3n) is 4.21. The maximum atomic E-state index is 12.7. The van der Waals surface area contributed by atoms with E-state index in [0.29, 0.717) is 35.9 Å². The van der Waals surface area contributed by atoms with Gasteiger partial charge in [-0.3, -0.25) is 9.69 Å². The highest BCUT2D eigenvalue weighted by Gasteiger charge is 2.37. The van der Waals surface area contributed by atoms with E-state index in [-0.39, 0.29) is 4.32 Å². The van der Waals surface area contributed by atoms with E-state index in [0.717, 1.165) is 35.1 Å². The average Bonchev–Trinajstić information content (AvgIpc) is 2.94. The lowest BCUT2D eigenvalue weighted by atomic mass is 10.1. The van der Waals surface area contributed by atoms with Crippen molar-refractivity contribution < 1.29 is 24.2 Å². The molecular formula is C20H24NO5S2-. The predicted molar refractivity (Wildman–Crippen MR) is 112 cm³/mol. The molecule has 0 saturated carbocycles. The molecule has 1 amide bonds. The van der Waals surface area contributed by atoms with Gasteiger partial charge in [-0.05, 0) is 36.6 Å². The van der Waals surface area contributed by atoms with Crippen molar-refractivity contribution in [2.24, 2.45) is 0 Å². The zero-order valence-electron chi connectivity index (χ0n) is 16.2. The first kappa shape index (κ1) is 22.2. The van der Waals surface area contributed by atoms with Crippen molar-refractivity contribution in [2.45, 2.75) is 45.6 Å². The summed E-state index contributed by atoms with van der Waals surface area (Å²) in [6, 6.07) is 4.34. The van der Waals surface area contributed by atoms with Crippen molar-refractivity contribution in [2.75, 3.05) is 13.7 Å². The molecule has 1 saturated heterocycles. The molecule has 0 radical (unpaired) electrons. The Hall–Kier alpha value is -2.06. The quantitative estimate of drug-likeness (QED) is 0.326. The number of benzene rings is 1. The summed E-state index contributed by atoms with van der Waals surface area (Å²) in [7, 11) is 1.56. The third-order valence-corrected chi connectivity index (χ3v) is 5.54. The number of aliphatic carboxylic acids is 1. The number of methoxy groups -OCH3 is 1. The molecule has 0 spiro atoms. The van der Waals surface area contributed by atoms with Gasteiger partial charge < -0.3 is 19.4 Å². The summed E-state index contributed by atoms with van der Waals surface area (Å²) in [5, 5.41) is 11.4. The molecule has 1 heterocycles. The lowest BCUT2D eigenvalue weighted by Crippen LogP contribution is -2.49. The van der Waals surface area contributed by atoms with Crippen LogP contribution in [0.3, 0.4) is 0 Å². The zero-order chi connectivity index (χ0) is 20.7. The number of carboxylic acid groups (broad SMARTS) is 1. The van der Waals surface area contributed by atoms with E-state index in [4.69, 9.17) is 21.7 Å². The first-order valence-corrected chi connectivity index (χ1v) is 10.4. The lowest BCUT2D eigenvalue weighted by Gasteiger charge is -2.27. The number of rotatable bonds is 10. The predicted octanol–water partition coefficient (Wildman–Crippen LogP) is 2.99. The topological polar surface area (TPSA) is 78.9 Å². The molecule has 0 N–H and O–H groups in total. The number of amides is 1. The standard InChI is InChI=1S/C20H25NO5S2/c1-4-6-10-26-15-9-8-13(11-16(15)25-3)12-17-18(22)21(20(27)28-17)14(7-5-2)19(23)24/h8-9,11-12,14H,4-7,10H2,1-3H3,(H,23,24)/p-1/b17-12-/t14-/m0/s1. The molecule has 0 aliphatic carbocycles. The first-order chi connectivity index (χ1) is 13.4. The van der Waals surface area contributed by atoms with Gasteiger partial charge in [0.1, 0.15) is 4.32 Å². The van der Waals surface area contributed by atoms with Crippen LogP contribution >= 0.6 is 24.0 Å². The molecule has 0 unspecified atom stereocenters. The van der Waals surface area contributed by atoms with E-state index in [9.17, 15) is 14.7 Å². The minimum Gasteiger partial charge on any atom is -0.548 e.